The molecule has 0 atom stereocenters. The van der Waals surface area contributed by atoms with E-state index in [2.05, 4.69) is 228 Å². The number of hydrogen-bond donors (Lipinski definition) is 0. The van der Waals surface area contributed by atoms with Gasteiger partial charge in [-0.25, -0.2) is 9.97 Å². The van der Waals surface area contributed by atoms with E-state index in [1.54, 1.807) is 0 Å². The third kappa shape index (κ3) is 6.15. The molecule has 0 unspecified atom stereocenters. The predicted molar refractivity (Wildman–Crippen MR) is 258 cm³/mol. The van der Waals surface area contributed by atoms with Crippen LogP contribution in [0.4, 0.5) is 0 Å². The third-order valence-electron chi connectivity index (χ3n) is 12.4. The van der Waals surface area contributed by atoms with Crippen LogP contribution in [0.25, 0.3) is 106 Å². The zero-order valence-electron chi connectivity index (χ0n) is 34.0. The molecule has 4 heterocycles. The molecule has 0 bridgehead atoms. The van der Waals surface area contributed by atoms with Crippen molar-refractivity contribution in [2.45, 2.75) is 12.8 Å². The fourth-order valence-electron chi connectivity index (χ4n) is 9.49. The van der Waals surface area contributed by atoms with Crippen LogP contribution in [0.15, 0.2) is 212 Å². The Morgan fingerprint density at radius 2 is 0.774 bits per heavy atom. The fraction of sp³-hybridized carbons (Fsp3) is 0.0345. The van der Waals surface area contributed by atoms with Gasteiger partial charge in [0.05, 0.1) is 39.3 Å². The summed E-state index contributed by atoms with van der Waals surface area (Å²) in [6, 6.07) is 73.7. The Bertz CT molecular complexity index is 3460. The van der Waals surface area contributed by atoms with Crippen LogP contribution in [0.2, 0.25) is 0 Å². The van der Waals surface area contributed by atoms with Crippen molar-refractivity contribution < 1.29 is 0 Å². The highest BCUT2D eigenvalue weighted by atomic mass is 15.0. The number of allylic oxidation sites excluding steroid dienone is 1. The van der Waals surface area contributed by atoms with Crippen molar-refractivity contribution in [2.75, 3.05) is 0 Å². The molecule has 0 amide bonds. The first-order chi connectivity index (χ1) is 30.7. The Kier molecular flexibility index (Phi) is 8.60. The lowest BCUT2D eigenvalue weighted by Crippen LogP contribution is -2.03. The van der Waals surface area contributed by atoms with Crippen molar-refractivity contribution in [1.29, 1.82) is 0 Å². The van der Waals surface area contributed by atoms with E-state index in [-0.39, 0.29) is 0 Å². The number of fused-ring (bicyclic) bond motifs is 6. The first-order valence-electron chi connectivity index (χ1n) is 21.4. The van der Waals surface area contributed by atoms with Gasteiger partial charge in [0, 0.05) is 49.9 Å². The minimum atomic E-state index is 0.816. The molecule has 0 N–H and O–H groups in total. The van der Waals surface area contributed by atoms with Gasteiger partial charge in [0.2, 0.25) is 0 Å². The Morgan fingerprint density at radius 3 is 1.32 bits per heavy atom. The van der Waals surface area contributed by atoms with Crippen LogP contribution < -0.4 is 0 Å². The standard InChI is InChI=1S/C58H40N4/c1-3-17-39(18-4-1)43-35-51(41-21-15-23-45(33-41)61-55-29-11-7-25-47(55)48-26-8-12-30-56(48)61)59-53(37-43)54-38-44(40-19-5-2-6-20-40)36-52(60-54)42-22-16-24-46(34-42)62-57-31-13-9-27-49(57)50-28-10-14-32-58(50)62/h1-13,15-31,33-38H,14,32H2. The van der Waals surface area contributed by atoms with Gasteiger partial charge in [-0.1, -0.05) is 152 Å². The topological polar surface area (TPSA) is 35.6 Å². The van der Waals surface area contributed by atoms with E-state index >= 15 is 0 Å². The molecule has 0 saturated heterocycles. The average molecular weight is 793 g/mol. The molecular formula is C58H40N4. The normalized spacial score (nSPS) is 12.3. The van der Waals surface area contributed by atoms with Gasteiger partial charge in [-0.05, 0) is 102 Å². The maximum atomic E-state index is 5.48. The minimum Gasteiger partial charge on any atom is -0.313 e. The second-order valence-corrected chi connectivity index (χ2v) is 16.1. The summed E-state index contributed by atoms with van der Waals surface area (Å²) in [5, 5.41) is 3.77. The lowest BCUT2D eigenvalue weighted by molar-refractivity contribution is 0.888. The number of para-hydroxylation sites is 3. The largest absolute Gasteiger partial charge is 0.313 e. The van der Waals surface area contributed by atoms with Crippen molar-refractivity contribution in [3.05, 3.63) is 224 Å². The number of pyridine rings is 2. The fourth-order valence-corrected chi connectivity index (χ4v) is 9.49. The number of hydrogen-bond acceptors (Lipinski definition) is 2. The van der Waals surface area contributed by atoms with Crippen LogP contribution in [0, 0.1) is 0 Å². The second kappa shape index (κ2) is 14.9. The van der Waals surface area contributed by atoms with E-state index < -0.39 is 0 Å². The Morgan fingerprint density at radius 1 is 0.339 bits per heavy atom. The van der Waals surface area contributed by atoms with Crippen LogP contribution in [0.3, 0.4) is 0 Å². The average Bonchev–Trinajstić information content (AvgIpc) is 3.87. The molecule has 4 nitrogen and oxygen atoms in total. The quantitative estimate of drug-likeness (QED) is 0.161. The molecule has 0 aliphatic heterocycles. The first kappa shape index (κ1) is 35.8. The summed E-state index contributed by atoms with van der Waals surface area (Å²) >= 11 is 0. The Labute approximate surface area is 360 Å². The lowest BCUT2D eigenvalue weighted by atomic mass is 9.98. The zero-order valence-corrected chi connectivity index (χ0v) is 34.0. The SMILES string of the molecule is C1=Cc2c(n(-c3cccc(-c4cc(-c5ccccc5)cc(-c5cc(-c6ccccc6)cc(-c6cccc(-n7c8ccccc8c8ccccc87)c6)n5)n4)c3)c3ccccc23)CC1. The number of rotatable bonds is 7. The van der Waals surface area contributed by atoms with Gasteiger partial charge in [-0.3, -0.25) is 0 Å². The summed E-state index contributed by atoms with van der Waals surface area (Å²) in [6.45, 7) is 0. The van der Waals surface area contributed by atoms with Gasteiger partial charge in [0.1, 0.15) is 0 Å². The van der Waals surface area contributed by atoms with E-state index in [0.29, 0.717) is 0 Å². The van der Waals surface area contributed by atoms with Gasteiger partial charge < -0.3 is 9.13 Å². The molecule has 0 spiro atoms. The van der Waals surface area contributed by atoms with Crippen molar-refractivity contribution in [1.82, 2.24) is 19.1 Å². The highest BCUT2D eigenvalue weighted by molar-refractivity contribution is 6.09. The maximum absolute atomic E-state index is 5.48. The second-order valence-electron chi connectivity index (χ2n) is 16.1. The molecule has 0 saturated carbocycles. The van der Waals surface area contributed by atoms with Crippen molar-refractivity contribution in [2.24, 2.45) is 0 Å². The van der Waals surface area contributed by atoms with Crippen LogP contribution in [0.1, 0.15) is 17.7 Å². The highest BCUT2D eigenvalue weighted by Gasteiger charge is 2.20. The maximum Gasteiger partial charge on any atom is 0.0900 e. The van der Waals surface area contributed by atoms with Gasteiger partial charge in [0.25, 0.3) is 0 Å². The summed E-state index contributed by atoms with van der Waals surface area (Å²) < 4.78 is 4.81. The van der Waals surface area contributed by atoms with E-state index in [1.807, 2.05) is 0 Å². The molecule has 11 aromatic rings. The van der Waals surface area contributed by atoms with Gasteiger partial charge >= 0.3 is 0 Å². The van der Waals surface area contributed by atoms with Gasteiger partial charge in [0.15, 0.2) is 0 Å². The summed E-state index contributed by atoms with van der Waals surface area (Å²) in [7, 11) is 0. The van der Waals surface area contributed by atoms with E-state index in [9.17, 15) is 0 Å². The number of nitrogens with zero attached hydrogens (tertiary/aromatic N) is 4. The molecule has 4 aromatic heterocycles. The molecule has 7 aromatic carbocycles. The van der Waals surface area contributed by atoms with E-state index in [4.69, 9.17) is 9.97 Å². The summed E-state index contributed by atoms with van der Waals surface area (Å²) in [5.41, 5.74) is 18.4. The lowest BCUT2D eigenvalue weighted by Gasteiger charge is -2.16. The predicted octanol–water partition coefficient (Wildman–Crippen LogP) is 14.8. The molecule has 0 radical (unpaired) electrons. The monoisotopic (exact) mass is 792 g/mol. The smallest absolute Gasteiger partial charge is 0.0900 e. The Balaban J connectivity index is 1.04. The first-order valence-corrected chi connectivity index (χ1v) is 21.4. The van der Waals surface area contributed by atoms with Gasteiger partial charge in [-0.2, -0.15) is 0 Å². The van der Waals surface area contributed by atoms with E-state index in [1.165, 1.54) is 44.0 Å². The van der Waals surface area contributed by atoms with Crippen LogP contribution >= 0.6 is 0 Å². The van der Waals surface area contributed by atoms with Crippen LogP contribution in [-0.2, 0) is 6.42 Å². The minimum absolute atomic E-state index is 0.816. The summed E-state index contributed by atoms with van der Waals surface area (Å²) in [4.78, 5) is 11.0. The van der Waals surface area contributed by atoms with Crippen molar-refractivity contribution >= 4 is 38.8 Å². The summed E-state index contributed by atoms with van der Waals surface area (Å²) in [6.07, 6.45) is 6.63. The van der Waals surface area contributed by atoms with Gasteiger partial charge in [-0.15, -0.1) is 0 Å². The molecule has 292 valence electrons. The molecular weight excluding hydrogens is 753 g/mol. The van der Waals surface area contributed by atoms with Crippen molar-refractivity contribution in [3.8, 4) is 67.5 Å². The Hall–Kier alpha value is -8.08. The molecule has 4 heteroatoms. The highest BCUT2D eigenvalue weighted by Crippen LogP contribution is 2.38. The van der Waals surface area contributed by atoms with Crippen LogP contribution in [0.5, 0.6) is 0 Å². The molecule has 12 rings (SSSR count). The number of aromatic nitrogens is 4. The van der Waals surface area contributed by atoms with Crippen LogP contribution in [-0.4, -0.2) is 19.1 Å². The van der Waals surface area contributed by atoms with E-state index in [0.717, 1.165) is 80.4 Å². The van der Waals surface area contributed by atoms with Crippen molar-refractivity contribution in [3.63, 3.8) is 0 Å². The molecule has 0 fully saturated rings. The third-order valence-corrected chi connectivity index (χ3v) is 12.4. The zero-order chi connectivity index (χ0) is 41.0. The number of benzene rings is 7. The summed E-state index contributed by atoms with van der Waals surface area (Å²) in [5.74, 6) is 0. The molecule has 62 heavy (non-hydrogen) atoms. The molecule has 1 aliphatic rings. The molecule has 1 aliphatic carbocycles.